The second-order valence-corrected chi connectivity index (χ2v) is 6.43. The van der Waals surface area contributed by atoms with Crippen LogP contribution in [0.2, 0.25) is 5.02 Å². The maximum atomic E-state index is 12.3. The number of carbonyl (C=O) groups is 1. The molecule has 1 aromatic carbocycles. The predicted octanol–water partition coefficient (Wildman–Crippen LogP) is 3.64. The van der Waals surface area contributed by atoms with E-state index in [0.717, 1.165) is 24.5 Å². The Balaban J connectivity index is 1.73. The topological polar surface area (TPSA) is 75.0 Å². The number of halogens is 1. The van der Waals surface area contributed by atoms with E-state index >= 15 is 0 Å². The zero-order valence-electron chi connectivity index (χ0n) is 12.2. The van der Waals surface area contributed by atoms with Gasteiger partial charge in [-0.1, -0.05) is 29.8 Å². The molecule has 0 spiro atoms. The van der Waals surface area contributed by atoms with Gasteiger partial charge in [-0.3, -0.25) is 4.79 Å². The molecule has 2 aromatic rings. The molecular weight excluding hydrogens is 334 g/mol. The van der Waals surface area contributed by atoms with Crippen molar-refractivity contribution in [2.45, 2.75) is 25.0 Å². The van der Waals surface area contributed by atoms with Crippen LogP contribution in [0, 0.1) is 11.3 Å². The lowest BCUT2D eigenvalue weighted by Gasteiger charge is -2.12. The van der Waals surface area contributed by atoms with Crippen molar-refractivity contribution >= 4 is 28.8 Å². The summed E-state index contributed by atoms with van der Waals surface area (Å²) in [6.45, 7) is 0.731. The molecule has 2 atom stereocenters. The third kappa shape index (κ3) is 3.53. The highest BCUT2D eigenvalue weighted by molar-refractivity contribution is 7.09. The molecule has 5 nitrogen and oxygen atoms in total. The molecule has 1 N–H and O–H groups in total. The summed E-state index contributed by atoms with van der Waals surface area (Å²) in [5, 5.41) is 14.9. The molecule has 1 fully saturated rings. The van der Waals surface area contributed by atoms with Gasteiger partial charge in [0.15, 0.2) is 0 Å². The monoisotopic (exact) mass is 347 g/mol. The van der Waals surface area contributed by atoms with Crippen molar-refractivity contribution in [3.8, 4) is 6.07 Å². The van der Waals surface area contributed by atoms with E-state index in [9.17, 15) is 10.1 Å². The Kier molecular flexibility index (Phi) is 4.91. The van der Waals surface area contributed by atoms with Gasteiger partial charge in [0.2, 0.25) is 0 Å². The van der Waals surface area contributed by atoms with Gasteiger partial charge >= 0.3 is 0 Å². The molecule has 1 aromatic heterocycles. The summed E-state index contributed by atoms with van der Waals surface area (Å²) in [5.41, 5.74) is 0.868. The summed E-state index contributed by atoms with van der Waals surface area (Å²) < 4.78 is 5.57. The molecule has 7 heteroatoms. The predicted molar refractivity (Wildman–Crippen MR) is 87.3 cm³/mol. The summed E-state index contributed by atoms with van der Waals surface area (Å²) in [7, 11) is 0. The number of rotatable bonds is 4. The highest BCUT2D eigenvalue weighted by Crippen LogP contribution is 2.30. The van der Waals surface area contributed by atoms with Crippen LogP contribution in [0.4, 0.5) is 0 Å². The van der Waals surface area contributed by atoms with E-state index in [1.165, 1.54) is 11.3 Å². The second-order valence-electron chi connectivity index (χ2n) is 5.13. The Morgan fingerprint density at radius 3 is 3.04 bits per heavy atom. The number of nitrogens with one attached hydrogen (secondary N) is 1. The minimum Gasteiger partial charge on any atom is -0.371 e. The van der Waals surface area contributed by atoms with Crippen molar-refractivity contribution in [1.29, 1.82) is 5.26 Å². The Morgan fingerprint density at radius 1 is 1.52 bits per heavy atom. The molecule has 0 bridgehead atoms. The standard InChI is InChI=1S/C16H14ClN3O2S/c17-11-5-2-1-4-10(11)12(8-18)19-15(21)13-9-23-16(20-13)14-6-3-7-22-14/h1-2,4-5,9,12,14H,3,6-7H2,(H,19,21)/t12-,14-/m1/s1. The highest BCUT2D eigenvalue weighted by atomic mass is 35.5. The van der Waals surface area contributed by atoms with Crippen molar-refractivity contribution in [2.75, 3.05) is 6.61 Å². The lowest BCUT2D eigenvalue weighted by atomic mass is 10.1. The SMILES string of the molecule is N#C[C@@H](NC(=O)c1csc([C@H]2CCCO2)n1)c1ccccc1Cl. The number of benzene rings is 1. The normalized spacial score (nSPS) is 18.3. The van der Waals surface area contributed by atoms with Crippen molar-refractivity contribution in [3.63, 3.8) is 0 Å². The van der Waals surface area contributed by atoms with Gasteiger partial charge in [0, 0.05) is 22.6 Å². The summed E-state index contributed by atoms with van der Waals surface area (Å²) in [6.07, 6.45) is 1.92. The van der Waals surface area contributed by atoms with Gasteiger partial charge < -0.3 is 10.1 Å². The molecule has 0 aliphatic carbocycles. The Morgan fingerprint density at radius 2 is 2.35 bits per heavy atom. The maximum Gasteiger partial charge on any atom is 0.272 e. The number of thiazole rings is 1. The number of hydrogen-bond donors (Lipinski definition) is 1. The largest absolute Gasteiger partial charge is 0.371 e. The van der Waals surface area contributed by atoms with E-state index in [0.29, 0.717) is 16.3 Å². The Labute approximate surface area is 142 Å². The molecule has 1 aliphatic rings. The Hall–Kier alpha value is -1.94. The average molecular weight is 348 g/mol. The van der Waals surface area contributed by atoms with Gasteiger partial charge in [0.25, 0.3) is 5.91 Å². The molecule has 2 heterocycles. The zero-order valence-corrected chi connectivity index (χ0v) is 13.7. The molecule has 1 amide bonds. The lowest BCUT2D eigenvalue weighted by Crippen LogP contribution is -2.28. The van der Waals surface area contributed by atoms with Crippen molar-refractivity contribution in [3.05, 3.63) is 50.9 Å². The number of nitrogens with zero attached hydrogens (tertiary/aromatic N) is 2. The van der Waals surface area contributed by atoms with Crippen molar-refractivity contribution in [2.24, 2.45) is 0 Å². The zero-order chi connectivity index (χ0) is 16.2. The molecule has 0 radical (unpaired) electrons. The van der Waals surface area contributed by atoms with E-state index in [1.54, 1.807) is 29.6 Å². The van der Waals surface area contributed by atoms with Gasteiger partial charge in [0.1, 0.15) is 22.8 Å². The van der Waals surface area contributed by atoms with E-state index in [-0.39, 0.29) is 6.10 Å². The maximum absolute atomic E-state index is 12.3. The highest BCUT2D eigenvalue weighted by Gasteiger charge is 2.24. The van der Waals surface area contributed by atoms with Crippen LogP contribution in [0.3, 0.4) is 0 Å². The van der Waals surface area contributed by atoms with Gasteiger partial charge in [-0.05, 0) is 18.9 Å². The smallest absolute Gasteiger partial charge is 0.272 e. The van der Waals surface area contributed by atoms with Crippen LogP contribution in [-0.2, 0) is 4.74 Å². The molecule has 1 aliphatic heterocycles. The Bertz CT molecular complexity index is 750. The molecule has 3 rings (SSSR count). The number of aromatic nitrogens is 1. The number of nitriles is 1. The molecular formula is C16H14ClN3O2S. The lowest BCUT2D eigenvalue weighted by molar-refractivity contribution is 0.0937. The van der Waals surface area contributed by atoms with E-state index in [2.05, 4.69) is 16.4 Å². The molecule has 0 unspecified atom stereocenters. The van der Waals surface area contributed by atoms with Crippen molar-refractivity contribution < 1.29 is 9.53 Å². The fourth-order valence-electron chi connectivity index (χ4n) is 2.41. The second kappa shape index (κ2) is 7.09. The van der Waals surface area contributed by atoms with Crippen LogP contribution < -0.4 is 5.32 Å². The van der Waals surface area contributed by atoms with Crippen LogP contribution >= 0.6 is 22.9 Å². The number of carbonyl (C=O) groups excluding carboxylic acids is 1. The van der Waals surface area contributed by atoms with Crippen LogP contribution in [0.1, 0.15) is 46.0 Å². The van der Waals surface area contributed by atoms with Gasteiger partial charge in [-0.15, -0.1) is 11.3 Å². The first-order valence-corrected chi connectivity index (χ1v) is 8.46. The van der Waals surface area contributed by atoms with E-state index in [1.807, 2.05) is 0 Å². The van der Waals surface area contributed by atoms with Crippen molar-refractivity contribution in [1.82, 2.24) is 10.3 Å². The van der Waals surface area contributed by atoms with Crippen LogP contribution in [0.5, 0.6) is 0 Å². The first-order valence-electron chi connectivity index (χ1n) is 7.21. The molecule has 0 saturated carbocycles. The van der Waals surface area contributed by atoms with Gasteiger partial charge in [-0.25, -0.2) is 4.98 Å². The minimum absolute atomic E-state index is 0.0168. The third-order valence-corrected chi connectivity index (χ3v) is 4.86. The fourth-order valence-corrected chi connectivity index (χ4v) is 3.53. The first kappa shape index (κ1) is 15.9. The first-order chi connectivity index (χ1) is 11.2. The number of ether oxygens (including phenoxy) is 1. The number of amides is 1. The van der Waals surface area contributed by atoms with Crippen LogP contribution in [-0.4, -0.2) is 17.5 Å². The van der Waals surface area contributed by atoms with Crippen LogP contribution in [0.25, 0.3) is 0 Å². The summed E-state index contributed by atoms with van der Waals surface area (Å²) in [6, 6.07) is 8.19. The number of hydrogen-bond acceptors (Lipinski definition) is 5. The summed E-state index contributed by atoms with van der Waals surface area (Å²) in [5.74, 6) is -0.392. The fraction of sp³-hybridized carbons (Fsp3) is 0.312. The quantitative estimate of drug-likeness (QED) is 0.916. The molecule has 118 valence electrons. The molecule has 1 saturated heterocycles. The van der Waals surface area contributed by atoms with E-state index in [4.69, 9.17) is 16.3 Å². The summed E-state index contributed by atoms with van der Waals surface area (Å²) in [4.78, 5) is 16.7. The summed E-state index contributed by atoms with van der Waals surface area (Å²) >= 11 is 7.49. The molecule has 23 heavy (non-hydrogen) atoms. The van der Waals surface area contributed by atoms with Crippen LogP contribution in [0.15, 0.2) is 29.6 Å². The third-order valence-electron chi connectivity index (χ3n) is 3.58. The van der Waals surface area contributed by atoms with Gasteiger partial charge in [0.05, 0.1) is 6.07 Å². The average Bonchev–Trinajstić information content (AvgIpc) is 3.23. The van der Waals surface area contributed by atoms with Gasteiger partial charge in [-0.2, -0.15) is 5.26 Å². The van der Waals surface area contributed by atoms with E-state index < -0.39 is 11.9 Å². The minimum atomic E-state index is -0.816.